The van der Waals surface area contributed by atoms with Crippen molar-refractivity contribution in [2.24, 2.45) is 0 Å². The quantitative estimate of drug-likeness (QED) is 0.716. The summed E-state index contributed by atoms with van der Waals surface area (Å²) in [5.74, 6) is -0.577. The van der Waals surface area contributed by atoms with E-state index >= 15 is 0 Å². The summed E-state index contributed by atoms with van der Waals surface area (Å²) in [6.45, 7) is 1.37. The second kappa shape index (κ2) is 7.39. The molecule has 0 saturated heterocycles. The van der Waals surface area contributed by atoms with Gasteiger partial charge in [0.25, 0.3) is 0 Å². The number of nitrogens with zero attached hydrogens (tertiary/aromatic N) is 5. The minimum absolute atomic E-state index is 0.0432. The number of alkyl halides is 3. The number of benzene rings is 1. The molecular formula is C16H14ClF3N6O. The summed E-state index contributed by atoms with van der Waals surface area (Å²) in [6.07, 6.45) is -3.25. The summed E-state index contributed by atoms with van der Waals surface area (Å²) in [4.78, 5) is 16.0. The van der Waals surface area contributed by atoms with Gasteiger partial charge in [-0.05, 0) is 12.5 Å². The Hall–Kier alpha value is -2.88. The van der Waals surface area contributed by atoms with Gasteiger partial charge >= 0.3 is 6.18 Å². The SMILES string of the molecule is Cc1c(Cl)c(C(F)(F)F)nn1CC(=O)Nc1ncn(Cc2ccccc2)n1. The third-order valence-corrected chi connectivity index (χ3v) is 4.12. The molecule has 0 aliphatic rings. The van der Waals surface area contributed by atoms with Crippen LogP contribution in [0.25, 0.3) is 0 Å². The zero-order chi connectivity index (χ0) is 19.6. The Bertz CT molecular complexity index is 951. The van der Waals surface area contributed by atoms with Crippen LogP contribution in [0.3, 0.4) is 0 Å². The van der Waals surface area contributed by atoms with E-state index in [4.69, 9.17) is 11.6 Å². The van der Waals surface area contributed by atoms with Crippen LogP contribution < -0.4 is 5.32 Å². The Morgan fingerprint density at radius 1 is 1.22 bits per heavy atom. The first-order chi connectivity index (χ1) is 12.7. The molecule has 27 heavy (non-hydrogen) atoms. The lowest BCUT2D eigenvalue weighted by Crippen LogP contribution is -2.21. The number of amides is 1. The first-order valence-corrected chi connectivity index (χ1v) is 8.15. The van der Waals surface area contributed by atoms with Crippen LogP contribution in [0.15, 0.2) is 36.7 Å². The van der Waals surface area contributed by atoms with E-state index in [1.807, 2.05) is 30.3 Å². The van der Waals surface area contributed by atoms with E-state index in [-0.39, 0.29) is 11.6 Å². The molecule has 2 aromatic heterocycles. The molecule has 7 nitrogen and oxygen atoms in total. The minimum atomic E-state index is -4.69. The molecule has 0 bridgehead atoms. The maximum atomic E-state index is 12.8. The molecule has 1 N–H and O–H groups in total. The second-order valence-electron chi connectivity index (χ2n) is 5.70. The Balaban J connectivity index is 1.65. The number of hydrogen-bond donors (Lipinski definition) is 1. The largest absolute Gasteiger partial charge is 0.436 e. The highest BCUT2D eigenvalue weighted by Crippen LogP contribution is 2.35. The van der Waals surface area contributed by atoms with E-state index in [9.17, 15) is 18.0 Å². The van der Waals surface area contributed by atoms with Crippen molar-refractivity contribution in [3.8, 4) is 0 Å². The molecule has 0 radical (unpaired) electrons. The molecule has 0 unspecified atom stereocenters. The van der Waals surface area contributed by atoms with Crippen molar-refractivity contribution in [1.82, 2.24) is 24.5 Å². The van der Waals surface area contributed by atoms with Crippen LogP contribution in [0, 0.1) is 6.92 Å². The fourth-order valence-corrected chi connectivity index (χ4v) is 2.60. The van der Waals surface area contributed by atoms with Gasteiger partial charge < -0.3 is 0 Å². The molecule has 1 amide bonds. The summed E-state index contributed by atoms with van der Waals surface area (Å²) < 4.78 is 40.9. The highest BCUT2D eigenvalue weighted by molar-refractivity contribution is 6.32. The molecule has 1 aromatic carbocycles. The zero-order valence-corrected chi connectivity index (χ0v) is 14.8. The standard InChI is InChI=1S/C16H14ClF3N6O/c1-10-13(17)14(16(18,19)20)23-26(10)8-12(27)22-15-21-9-25(24-15)7-11-5-3-2-4-6-11/h2-6,9H,7-8H2,1H3,(H,22,24,27). The van der Waals surface area contributed by atoms with Gasteiger partial charge in [0, 0.05) is 0 Å². The number of carbonyl (C=O) groups excluding carboxylic acids is 1. The normalized spacial score (nSPS) is 11.6. The number of anilines is 1. The van der Waals surface area contributed by atoms with Gasteiger partial charge in [0.05, 0.1) is 17.3 Å². The van der Waals surface area contributed by atoms with Gasteiger partial charge in [-0.3, -0.25) is 14.8 Å². The zero-order valence-electron chi connectivity index (χ0n) is 14.0. The van der Waals surface area contributed by atoms with Gasteiger partial charge in [-0.2, -0.15) is 18.3 Å². The average Bonchev–Trinajstić information content (AvgIpc) is 3.14. The van der Waals surface area contributed by atoms with Crippen molar-refractivity contribution < 1.29 is 18.0 Å². The average molecular weight is 399 g/mol. The first-order valence-electron chi connectivity index (χ1n) is 7.77. The highest BCUT2D eigenvalue weighted by atomic mass is 35.5. The Kier molecular flexibility index (Phi) is 5.17. The fourth-order valence-electron chi connectivity index (χ4n) is 2.36. The third kappa shape index (κ3) is 4.45. The molecule has 3 aromatic rings. The maximum Gasteiger partial charge on any atom is 0.436 e. The molecule has 0 aliphatic carbocycles. The minimum Gasteiger partial charge on any atom is -0.292 e. The van der Waals surface area contributed by atoms with Crippen LogP contribution in [-0.4, -0.2) is 30.5 Å². The number of halogens is 4. The summed E-state index contributed by atoms with van der Waals surface area (Å²) in [5.41, 5.74) is -0.178. The van der Waals surface area contributed by atoms with Crippen molar-refractivity contribution in [2.75, 3.05) is 5.32 Å². The lowest BCUT2D eigenvalue weighted by atomic mass is 10.2. The van der Waals surface area contributed by atoms with E-state index in [0.29, 0.717) is 6.54 Å². The Morgan fingerprint density at radius 2 is 1.93 bits per heavy atom. The van der Waals surface area contributed by atoms with Crippen molar-refractivity contribution in [1.29, 1.82) is 0 Å². The summed E-state index contributed by atoms with van der Waals surface area (Å²) in [7, 11) is 0. The smallest absolute Gasteiger partial charge is 0.292 e. The van der Waals surface area contributed by atoms with E-state index in [0.717, 1.165) is 10.2 Å². The van der Waals surface area contributed by atoms with E-state index in [1.54, 1.807) is 0 Å². The van der Waals surface area contributed by atoms with Crippen molar-refractivity contribution in [3.05, 3.63) is 58.6 Å². The molecule has 0 aliphatic heterocycles. The van der Waals surface area contributed by atoms with Gasteiger partial charge in [0.1, 0.15) is 12.9 Å². The molecule has 142 valence electrons. The van der Waals surface area contributed by atoms with Gasteiger partial charge in [0.2, 0.25) is 11.9 Å². The van der Waals surface area contributed by atoms with Crippen LogP contribution in [0.4, 0.5) is 19.1 Å². The topological polar surface area (TPSA) is 77.6 Å². The van der Waals surface area contributed by atoms with E-state index in [2.05, 4.69) is 20.5 Å². The molecule has 0 saturated carbocycles. The number of rotatable bonds is 5. The van der Waals surface area contributed by atoms with Crippen LogP contribution in [-0.2, 0) is 24.1 Å². The number of hydrogen-bond acceptors (Lipinski definition) is 4. The van der Waals surface area contributed by atoms with Crippen molar-refractivity contribution in [2.45, 2.75) is 26.2 Å². The lowest BCUT2D eigenvalue weighted by molar-refractivity contribution is -0.141. The third-order valence-electron chi connectivity index (χ3n) is 3.67. The van der Waals surface area contributed by atoms with Gasteiger partial charge in [-0.25, -0.2) is 9.67 Å². The molecule has 0 atom stereocenters. The van der Waals surface area contributed by atoms with Crippen LogP contribution in [0.5, 0.6) is 0 Å². The highest BCUT2D eigenvalue weighted by Gasteiger charge is 2.38. The predicted molar refractivity (Wildman–Crippen MR) is 91.2 cm³/mol. The summed E-state index contributed by atoms with van der Waals surface area (Å²) in [6, 6.07) is 9.51. The predicted octanol–water partition coefficient (Wildman–Crippen LogP) is 3.14. The maximum absolute atomic E-state index is 12.8. The van der Waals surface area contributed by atoms with E-state index in [1.165, 1.54) is 17.9 Å². The summed E-state index contributed by atoms with van der Waals surface area (Å²) in [5, 5.41) is 9.38. The van der Waals surface area contributed by atoms with Crippen molar-refractivity contribution in [3.63, 3.8) is 0 Å². The molecule has 3 rings (SSSR count). The first kappa shape index (κ1) is 18.9. The molecule has 0 fully saturated rings. The molecule has 11 heteroatoms. The Labute approximate surface area is 156 Å². The van der Waals surface area contributed by atoms with Gasteiger partial charge in [-0.15, -0.1) is 5.10 Å². The second-order valence-corrected chi connectivity index (χ2v) is 6.08. The molecular weight excluding hydrogens is 385 g/mol. The van der Waals surface area contributed by atoms with Crippen LogP contribution in [0.1, 0.15) is 17.0 Å². The lowest BCUT2D eigenvalue weighted by Gasteiger charge is -2.04. The number of aromatic nitrogens is 5. The summed E-state index contributed by atoms with van der Waals surface area (Å²) >= 11 is 5.66. The van der Waals surface area contributed by atoms with Crippen LogP contribution >= 0.6 is 11.6 Å². The Morgan fingerprint density at radius 3 is 2.56 bits per heavy atom. The molecule has 2 heterocycles. The van der Waals surface area contributed by atoms with Crippen LogP contribution in [0.2, 0.25) is 5.02 Å². The monoisotopic (exact) mass is 398 g/mol. The van der Waals surface area contributed by atoms with Crippen molar-refractivity contribution >= 4 is 23.5 Å². The van der Waals surface area contributed by atoms with Gasteiger partial charge in [-0.1, -0.05) is 41.9 Å². The molecule has 0 spiro atoms. The van der Waals surface area contributed by atoms with Gasteiger partial charge in [0.15, 0.2) is 5.69 Å². The fraction of sp³-hybridized carbons (Fsp3) is 0.250. The number of carbonyl (C=O) groups is 1. The number of nitrogens with one attached hydrogen (secondary N) is 1. The van der Waals surface area contributed by atoms with E-state index < -0.39 is 29.3 Å².